The van der Waals surface area contributed by atoms with Gasteiger partial charge in [0.2, 0.25) is 12.5 Å². The first kappa shape index (κ1) is 20.4. The second-order valence-electron chi connectivity index (χ2n) is 8.49. The van der Waals surface area contributed by atoms with Crippen LogP contribution in [-0.2, 0) is 6.42 Å². The van der Waals surface area contributed by atoms with Crippen molar-refractivity contribution in [3.63, 3.8) is 0 Å². The van der Waals surface area contributed by atoms with Gasteiger partial charge in [-0.25, -0.2) is 0 Å². The average Bonchev–Trinajstić information content (AvgIpc) is 3.31. The van der Waals surface area contributed by atoms with Crippen LogP contribution in [0.2, 0.25) is 0 Å². The number of fused-ring (bicyclic) bond motifs is 4. The number of ether oxygens (including phenoxy) is 3. The van der Waals surface area contributed by atoms with Crippen LogP contribution in [0, 0.1) is 0 Å². The highest BCUT2D eigenvalue weighted by Gasteiger charge is 2.35. The molecular weight excluding hydrogens is 436 g/mol. The van der Waals surface area contributed by atoms with E-state index in [1.165, 1.54) is 0 Å². The van der Waals surface area contributed by atoms with E-state index >= 15 is 0 Å². The van der Waals surface area contributed by atoms with Gasteiger partial charge < -0.3 is 19.5 Å². The zero-order valence-electron chi connectivity index (χ0n) is 18.5. The normalized spacial score (nSPS) is 18.1. The van der Waals surface area contributed by atoms with Gasteiger partial charge in [0.25, 0.3) is 0 Å². The molecule has 7 heteroatoms. The fraction of sp³-hybridized carbons (Fsp3) is 0.269. The van der Waals surface area contributed by atoms with Crippen LogP contribution in [0.15, 0.2) is 58.3 Å². The van der Waals surface area contributed by atoms with Crippen LogP contribution in [-0.4, -0.2) is 38.2 Å². The van der Waals surface area contributed by atoms with Gasteiger partial charge in [0.05, 0.1) is 18.5 Å². The van der Waals surface area contributed by atoms with E-state index in [1.54, 1.807) is 18.9 Å². The SMILES string of the molecule is COc1c2c(cc3c1C(CC(=O)c1cccc4c1Nc1ccccc1S4)N(C)CC3)OCO2. The van der Waals surface area contributed by atoms with Crippen molar-refractivity contribution in [2.45, 2.75) is 28.7 Å². The Bertz CT molecular complexity index is 1280. The Balaban J connectivity index is 1.36. The molecule has 0 bridgehead atoms. The predicted molar refractivity (Wildman–Crippen MR) is 127 cm³/mol. The fourth-order valence-corrected chi connectivity index (χ4v) is 5.98. The zero-order chi connectivity index (χ0) is 22.5. The van der Waals surface area contributed by atoms with Crippen molar-refractivity contribution in [2.24, 2.45) is 0 Å². The van der Waals surface area contributed by atoms with Crippen LogP contribution in [0.1, 0.15) is 33.9 Å². The lowest BCUT2D eigenvalue weighted by Gasteiger charge is -2.35. The number of carbonyl (C=O) groups is 1. The van der Waals surface area contributed by atoms with Gasteiger partial charge in [0.15, 0.2) is 17.3 Å². The number of hydrogen-bond acceptors (Lipinski definition) is 7. The third-order valence-corrected chi connectivity index (χ3v) is 7.75. The Morgan fingerprint density at radius 1 is 1.18 bits per heavy atom. The van der Waals surface area contributed by atoms with Gasteiger partial charge in [-0.1, -0.05) is 30.0 Å². The first-order chi connectivity index (χ1) is 16.1. The molecule has 0 saturated carbocycles. The molecule has 0 saturated heterocycles. The quantitative estimate of drug-likeness (QED) is 0.407. The van der Waals surface area contributed by atoms with Crippen molar-refractivity contribution in [3.05, 3.63) is 65.2 Å². The maximum Gasteiger partial charge on any atom is 0.231 e. The molecule has 3 aliphatic heterocycles. The van der Waals surface area contributed by atoms with Crippen LogP contribution in [0.4, 0.5) is 11.4 Å². The van der Waals surface area contributed by atoms with Crippen molar-refractivity contribution in [1.82, 2.24) is 4.90 Å². The van der Waals surface area contributed by atoms with Crippen LogP contribution < -0.4 is 19.5 Å². The van der Waals surface area contributed by atoms with Crippen molar-refractivity contribution < 1.29 is 19.0 Å². The van der Waals surface area contributed by atoms with E-state index in [0.29, 0.717) is 17.9 Å². The van der Waals surface area contributed by atoms with Gasteiger partial charge in [-0.2, -0.15) is 0 Å². The lowest BCUT2D eigenvalue weighted by molar-refractivity contribution is 0.0926. The molecule has 0 aliphatic carbocycles. The Labute approximate surface area is 196 Å². The van der Waals surface area contributed by atoms with Gasteiger partial charge >= 0.3 is 0 Å². The maximum absolute atomic E-state index is 13.7. The Kier molecular flexibility index (Phi) is 4.96. The number of methoxy groups -OCH3 is 1. The molecule has 168 valence electrons. The molecule has 3 aromatic carbocycles. The summed E-state index contributed by atoms with van der Waals surface area (Å²) in [6.07, 6.45) is 1.23. The van der Waals surface area contributed by atoms with Crippen LogP contribution in [0.25, 0.3) is 0 Å². The number of carbonyl (C=O) groups excluding carboxylic acids is 1. The number of hydrogen-bond donors (Lipinski definition) is 1. The first-order valence-corrected chi connectivity index (χ1v) is 11.9. The van der Waals surface area contributed by atoms with Crippen molar-refractivity contribution >= 4 is 28.9 Å². The molecule has 0 amide bonds. The topological polar surface area (TPSA) is 60.0 Å². The summed E-state index contributed by atoms with van der Waals surface area (Å²) in [5.74, 6) is 2.14. The predicted octanol–water partition coefficient (Wildman–Crippen LogP) is 5.43. The summed E-state index contributed by atoms with van der Waals surface area (Å²) < 4.78 is 17.1. The van der Waals surface area contributed by atoms with E-state index in [9.17, 15) is 4.79 Å². The first-order valence-electron chi connectivity index (χ1n) is 11.0. The van der Waals surface area contributed by atoms with E-state index in [0.717, 1.165) is 56.6 Å². The molecule has 0 spiro atoms. The van der Waals surface area contributed by atoms with E-state index in [-0.39, 0.29) is 18.6 Å². The van der Waals surface area contributed by atoms with Gasteiger partial charge in [0, 0.05) is 39.9 Å². The lowest BCUT2D eigenvalue weighted by atomic mass is 9.87. The summed E-state index contributed by atoms with van der Waals surface area (Å²) in [6.45, 7) is 1.05. The molecule has 1 unspecified atom stereocenters. The second-order valence-corrected chi connectivity index (χ2v) is 9.58. The number of anilines is 2. The van der Waals surface area contributed by atoms with Gasteiger partial charge in [-0.05, 0) is 49.4 Å². The highest BCUT2D eigenvalue weighted by atomic mass is 32.2. The third-order valence-electron chi connectivity index (χ3n) is 6.62. The van der Waals surface area contributed by atoms with Gasteiger partial charge in [0.1, 0.15) is 0 Å². The lowest BCUT2D eigenvalue weighted by Crippen LogP contribution is -2.34. The minimum absolute atomic E-state index is 0.101. The number of likely N-dealkylation sites (N-methyl/N-ethyl adjacent to an activating group) is 1. The van der Waals surface area contributed by atoms with Crippen LogP contribution in [0.3, 0.4) is 0 Å². The monoisotopic (exact) mass is 460 g/mol. The summed E-state index contributed by atoms with van der Waals surface area (Å²) >= 11 is 1.69. The molecule has 33 heavy (non-hydrogen) atoms. The van der Waals surface area contributed by atoms with E-state index in [1.807, 2.05) is 36.4 Å². The summed E-state index contributed by atoms with van der Waals surface area (Å²) in [7, 11) is 3.72. The molecule has 3 aliphatic rings. The number of nitrogens with zero attached hydrogens (tertiary/aromatic N) is 1. The van der Waals surface area contributed by atoms with Gasteiger partial charge in [-0.3, -0.25) is 9.69 Å². The Hall–Kier alpha value is -3.16. The molecule has 6 rings (SSSR count). The van der Waals surface area contributed by atoms with Crippen LogP contribution >= 0.6 is 11.8 Å². The maximum atomic E-state index is 13.7. The highest BCUT2D eigenvalue weighted by molar-refractivity contribution is 7.99. The summed E-state index contributed by atoms with van der Waals surface area (Å²) in [5, 5.41) is 3.50. The van der Waals surface area contributed by atoms with Crippen LogP contribution in [0.5, 0.6) is 17.2 Å². The summed E-state index contributed by atoms with van der Waals surface area (Å²) in [6, 6.07) is 16.1. The molecule has 1 N–H and O–H groups in total. The third kappa shape index (κ3) is 3.34. The molecule has 3 heterocycles. The molecule has 0 fully saturated rings. The van der Waals surface area contributed by atoms with Gasteiger partial charge in [-0.15, -0.1) is 0 Å². The molecular formula is C26H24N2O4S. The molecule has 0 aromatic heterocycles. The average molecular weight is 461 g/mol. The standard InChI is InChI=1S/C26H24N2O4S/c1-28-11-10-15-12-20-25(32-14-31-20)26(30-2)23(15)18(28)13-19(29)16-6-5-9-22-24(16)27-17-7-3-4-8-21(17)33-22/h3-9,12,18,27H,10-11,13-14H2,1-2H3. The minimum atomic E-state index is -0.106. The van der Waals surface area contributed by atoms with E-state index in [2.05, 4.69) is 29.4 Å². The smallest absolute Gasteiger partial charge is 0.231 e. The zero-order valence-corrected chi connectivity index (χ0v) is 19.3. The number of nitrogens with one attached hydrogen (secondary N) is 1. The van der Waals surface area contributed by atoms with Crippen molar-refractivity contribution in [3.8, 4) is 17.2 Å². The minimum Gasteiger partial charge on any atom is -0.492 e. The number of rotatable bonds is 4. The number of ketones is 1. The molecule has 3 aromatic rings. The number of para-hydroxylation sites is 2. The van der Waals surface area contributed by atoms with Crippen molar-refractivity contribution in [2.75, 3.05) is 32.8 Å². The second kappa shape index (κ2) is 8.01. The summed E-state index contributed by atoms with van der Waals surface area (Å²) in [5.41, 5.74) is 4.83. The van der Waals surface area contributed by atoms with E-state index < -0.39 is 0 Å². The molecule has 0 radical (unpaired) electrons. The van der Waals surface area contributed by atoms with Crippen molar-refractivity contribution in [1.29, 1.82) is 0 Å². The fourth-order valence-electron chi connectivity index (χ4n) is 4.96. The highest BCUT2D eigenvalue weighted by Crippen LogP contribution is 2.51. The number of Topliss-reactive ketones (excluding diaryl/α,β-unsaturated/α-hetero) is 1. The largest absolute Gasteiger partial charge is 0.492 e. The summed E-state index contributed by atoms with van der Waals surface area (Å²) in [4.78, 5) is 18.2. The van der Waals surface area contributed by atoms with E-state index in [4.69, 9.17) is 14.2 Å². The molecule has 1 atom stereocenters. The molecule has 6 nitrogen and oxygen atoms in total. The Morgan fingerprint density at radius 2 is 2.03 bits per heavy atom. The number of benzene rings is 3. The Morgan fingerprint density at radius 3 is 2.91 bits per heavy atom.